The van der Waals surface area contributed by atoms with Crippen molar-refractivity contribution in [3.05, 3.63) is 34.9 Å². The van der Waals surface area contributed by atoms with Crippen LogP contribution in [0.2, 0.25) is 0 Å². The maximum atomic E-state index is 10.6. The Balaban J connectivity index is 1.79. The van der Waals surface area contributed by atoms with E-state index in [1.165, 1.54) is 101 Å². The first-order valence-corrected chi connectivity index (χ1v) is 11.9. The van der Waals surface area contributed by atoms with Gasteiger partial charge in [-0.05, 0) is 49.8 Å². The molecule has 0 aliphatic carbocycles. The second kappa shape index (κ2) is 16.6. The first kappa shape index (κ1) is 24.7. The lowest BCUT2D eigenvalue weighted by Crippen LogP contribution is -2.09. The summed E-state index contributed by atoms with van der Waals surface area (Å²) in [6, 6.07) is 6.66. The average molecular weight is 388 g/mol. The van der Waals surface area contributed by atoms with Crippen molar-refractivity contribution in [2.45, 2.75) is 123 Å². The normalized spacial score (nSPS) is 11.1. The van der Waals surface area contributed by atoms with Crippen molar-refractivity contribution in [2.24, 2.45) is 5.73 Å². The van der Waals surface area contributed by atoms with E-state index < -0.39 is 0 Å². The number of hydrogen-bond donors (Lipinski definition) is 1. The minimum Gasteiger partial charge on any atom is -0.370 e. The molecule has 0 spiro atoms. The van der Waals surface area contributed by atoms with Crippen LogP contribution in [-0.2, 0) is 11.2 Å². The Morgan fingerprint density at radius 1 is 0.643 bits per heavy atom. The van der Waals surface area contributed by atoms with E-state index in [2.05, 4.69) is 32.0 Å². The average Bonchev–Trinajstić information content (AvgIpc) is 2.66. The predicted molar refractivity (Wildman–Crippen MR) is 123 cm³/mol. The molecule has 1 aromatic carbocycles. The highest BCUT2D eigenvalue weighted by Crippen LogP contribution is 2.18. The number of primary amides is 1. The molecule has 28 heavy (non-hydrogen) atoms. The third kappa shape index (κ3) is 13.0. The first-order chi connectivity index (χ1) is 13.6. The Kier molecular flexibility index (Phi) is 14.7. The van der Waals surface area contributed by atoms with E-state index >= 15 is 0 Å². The van der Waals surface area contributed by atoms with E-state index in [1.54, 1.807) is 5.56 Å². The molecular weight excluding hydrogens is 342 g/mol. The van der Waals surface area contributed by atoms with Crippen LogP contribution in [0.15, 0.2) is 18.2 Å². The van der Waals surface area contributed by atoms with Crippen LogP contribution >= 0.6 is 0 Å². The zero-order valence-electron chi connectivity index (χ0n) is 18.7. The van der Waals surface area contributed by atoms with Crippen molar-refractivity contribution in [3.8, 4) is 0 Å². The van der Waals surface area contributed by atoms with E-state index in [0.717, 1.165) is 12.8 Å². The van der Waals surface area contributed by atoms with Gasteiger partial charge in [-0.25, -0.2) is 0 Å². The van der Waals surface area contributed by atoms with E-state index in [1.807, 2.05) is 0 Å². The number of aryl methyl sites for hydroxylation is 2. The number of hydrogen-bond acceptors (Lipinski definition) is 1. The number of nitrogens with two attached hydrogens (primary N) is 1. The fourth-order valence-corrected chi connectivity index (χ4v) is 4.14. The monoisotopic (exact) mass is 387 g/mol. The molecule has 2 nitrogen and oxygen atoms in total. The van der Waals surface area contributed by atoms with E-state index in [9.17, 15) is 4.79 Å². The van der Waals surface area contributed by atoms with Gasteiger partial charge < -0.3 is 5.73 Å². The van der Waals surface area contributed by atoms with Crippen molar-refractivity contribution in [3.63, 3.8) is 0 Å². The maximum Gasteiger partial charge on any atom is 0.217 e. The van der Waals surface area contributed by atoms with Gasteiger partial charge in [0.2, 0.25) is 5.91 Å². The molecule has 0 aliphatic heterocycles. The number of unbranched alkanes of at least 4 members (excludes halogenated alkanes) is 14. The maximum absolute atomic E-state index is 10.6. The van der Waals surface area contributed by atoms with Gasteiger partial charge in [0.15, 0.2) is 0 Å². The van der Waals surface area contributed by atoms with Crippen LogP contribution in [0.25, 0.3) is 0 Å². The number of carbonyl (C=O) groups is 1. The zero-order chi connectivity index (χ0) is 20.5. The summed E-state index contributed by atoms with van der Waals surface area (Å²) >= 11 is 0. The topological polar surface area (TPSA) is 43.1 Å². The van der Waals surface area contributed by atoms with Crippen molar-refractivity contribution in [1.82, 2.24) is 0 Å². The zero-order valence-corrected chi connectivity index (χ0v) is 18.7. The van der Waals surface area contributed by atoms with Gasteiger partial charge in [0.25, 0.3) is 0 Å². The Morgan fingerprint density at radius 2 is 1.00 bits per heavy atom. The Labute approximate surface area is 174 Å². The van der Waals surface area contributed by atoms with Crippen molar-refractivity contribution in [1.29, 1.82) is 0 Å². The summed E-state index contributed by atoms with van der Waals surface area (Å²) in [5, 5.41) is 0. The van der Waals surface area contributed by atoms with Gasteiger partial charge in [0.1, 0.15) is 0 Å². The highest BCUT2D eigenvalue weighted by molar-refractivity contribution is 5.73. The molecular formula is C26H45NO. The summed E-state index contributed by atoms with van der Waals surface area (Å²) in [6.07, 6.45) is 21.9. The lowest BCUT2D eigenvalue weighted by Gasteiger charge is -2.09. The van der Waals surface area contributed by atoms with Gasteiger partial charge >= 0.3 is 0 Å². The Hall–Kier alpha value is -1.31. The highest BCUT2D eigenvalue weighted by Gasteiger charge is 2.01. The standard InChI is InChI=1S/C26H45NO/c1-23-19-18-20-24(2)25(23)21-16-14-12-10-8-6-4-3-5-7-9-11-13-15-17-22-26(27)28/h18-20H,3-17,21-22H2,1-2H3,(H2,27,28). The van der Waals surface area contributed by atoms with Crippen LogP contribution in [0.4, 0.5) is 0 Å². The van der Waals surface area contributed by atoms with Crippen molar-refractivity contribution < 1.29 is 4.79 Å². The Bertz CT molecular complexity index is 503. The molecule has 1 amide bonds. The SMILES string of the molecule is Cc1cccc(C)c1CCCCCCCCCCCCCCCCCC(N)=O. The summed E-state index contributed by atoms with van der Waals surface area (Å²) in [5.74, 6) is -0.155. The summed E-state index contributed by atoms with van der Waals surface area (Å²) in [4.78, 5) is 10.6. The molecule has 0 heterocycles. The summed E-state index contributed by atoms with van der Waals surface area (Å²) in [7, 11) is 0. The number of benzene rings is 1. The van der Waals surface area contributed by atoms with Crippen LogP contribution in [-0.4, -0.2) is 5.91 Å². The molecule has 0 aliphatic rings. The molecule has 0 unspecified atom stereocenters. The molecule has 0 radical (unpaired) electrons. The Morgan fingerprint density at radius 3 is 1.39 bits per heavy atom. The summed E-state index contributed by atoms with van der Waals surface area (Å²) in [5.41, 5.74) is 9.65. The van der Waals surface area contributed by atoms with E-state index in [-0.39, 0.29) is 5.91 Å². The third-order valence-corrected chi connectivity index (χ3v) is 5.99. The van der Waals surface area contributed by atoms with Crippen LogP contribution in [0.1, 0.15) is 119 Å². The van der Waals surface area contributed by atoms with Gasteiger partial charge in [-0.1, -0.05) is 102 Å². The van der Waals surface area contributed by atoms with Crippen molar-refractivity contribution >= 4 is 5.91 Å². The molecule has 1 rings (SSSR count). The lowest BCUT2D eigenvalue weighted by atomic mass is 9.97. The molecule has 0 aromatic heterocycles. The first-order valence-electron chi connectivity index (χ1n) is 11.9. The van der Waals surface area contributed by atoms with Gasteiger partial charge in [-0.15, -0.1) is 0 Å². The molecule has 1 aromatic rings. The quantitative estimate of drug-likeness (QED) is 0.259. The molecule has 0 fully saturated rings. The smallest absolute Gasteiger partial charge is 0.217 e. The largest absolute Gasteiger partial charge is 0.370 e. The fraction of sp³-hybridized carbons (Fsp3) is 0.731. The molecule has 0 bridgehead atoms. The third-order valence-electron chi connectivity index (χ3n) is 5.99. The van der Waals surface area contributed by atoms with Gasteiger partial charge in [-0.3, -0.25) is 4.79 Å². The molecule has 2 N–H and O–H groups in total. The minimum absolute atomic E-state index is 0.155. The van der Waals surface area contributed by atoms with Gasteiger partial charge in [0, 0.05) is 6.42 Å². The van der Waals surface area contributed by atoms with Crippen LogP contribution in [0.5, 0.6) is 0 Å². The molecule has 0 saturated heterocycles. The molecule has 0 saturated carbocycles. The molecule has 160 valence electrons. The molecule has 2 heteroatoms. The second-order valence-corrected chi connectivity index (χ2v) is 8.64. The number of carbonyl (C=O) groups excluding carboxylic acids is 1. The predicted octanol–water partition coefficient (Wildman–Crippen LogP) is 7.57. The van der Waals surface area contributed by atoms with Crippen LogP contribution in [0.3, 0.4) is 0 Å². The van der Waals surface area contributed by atoms with Crippen LogP contribution in [0, 0.1) is 13.8 Å². The van der Waals surface area contributed by atoms with E-state index in [4.69, 9.17) is 5.73 Å². The summed E-state index contributed by atoms with van der Waals surface area (Å²) in [6.45, 7) is 4.49. The second-order valence-electron chi connectivity index (χ2n) is 8.64. The molecule has 0 atom stereocenters. The highest BCUT2D eigenvalue weighted by atomic mass is 16.1. The minimum atomic E-state index is -0.155. The van der Waals surface area contributed by atoms with Gasteiger partial charge in [-0.2, -0.15) is 0 Å². The number of amides is 1. The summed E-state index contributed by atoms with van der Waals surface area (Å²) < 4.78 is 0. The number of rotatable bonds is 18. The van der Waals surface area contributed by atoms with Gasteiger partial charge in [0.05, 0.1) is 0 Å². The van der Waals surface area contributed by atoms with Crippen molar-refractivity contribution in [2.75, 3.05) is 0 Å². The lowest BCUT2D eigenvalue weighted by molar-refractivity contribution is -0.118. The van der Waals surface area contributed by atoms with Crippen LogP contribution < -0.4 is 5.73 Å². The fourth-order valence-electron chi connectivity index (χ4n) is 4.14. The van der Waals surface area contributed by atoms with E-state index in [0.29, 0.717) is 6.42 Å².